The van der Waals surface area contributed by atoms with Crippen LogP contribution in [0.2, 0.25) is 0 Å². The fraction of sp³-hybridized carbons (Fsp3) is 0.208. The van der Waals surface area contributed by atoms with Crippen LogP contribution in [0.3, 0.4) is 0 Å². The van der Waals surface area contributed by atoms with Gasteiger partial charge in [-0.1, -0.05) is 24.3 Å². The maximum absolute atomic E-state index is 12.6. The Balaban J connectivity index is 1.31. The monoisotopic (exact) mass is 497 g/mol. The molecule has 3 aromatic heterocycles. The van der Waals surface area contributed by atoms with Crippen molar-refractivity contribution in [1.82, 2.24) is 24.7 Å². The first-order valence-corrected chi connectivity index (χ1v) is 10.8. The standard InChI is InChI=1S/C24H22F3N7O2/c1-36-9-8-34-15-20(14-31-34)33-23-29-11-18(12-30-23)17-4-2-16(3-5-17)10-22(35)32-19-6-7-21(28-13-19)24(25,26)27/h2-7,11-15H,8-10H2,1H3,(H,32,35)(H,29,30,33). The molecule has 0 aliphatic rings. The van der Waals surface area contributed by atoms with Gasteiger partial charge in [0.05, 0.1) is 43.3 Å². The van der Waals surface area contributed by atoms with Gasteiger partial charge in [0.2, 0.25) is 11.9 Å². The second-order valence-corrected chi connectivity index (χ2v) is 7.76. The summed E-state index contributed by atoms with van der Waals surface area (Å²) in [6.07, 6.45) is 3.39. The van der Waals surface area contributed by atoms with Crippen LogP contribution in [0.4, 0.5) is 30.5 Å². The number of anilines is 3. The van der Waals surface area contributed by atoms with Crippen LogP contribution in [0.15, 0.2) is 67.4 Å². The van der Waals surface area contributed by atoms with Crippen LogP contribution in [0.5, 0.6) is 0 Å². The summed E-state index contributed by atoms with van der Waals surface area (Å²) in [7, 11) is 1.63. The van der Waals surface area contributed by atoms with E-state index in [1.165, 1.54) is 6.07 Å². The molecule has 2 N–H and O–H groups in total. The molecule has 0 radical (unpaired) electrons. The average molecular weight is 497 g/mol. The summed E-state index contributed by atoms with van der Waals surface area (Å²) in [5.41, 5.74) is 2.33. The molecule has 0 spiro atoms. The first kappa shape index (κ1) is 24.8. The molecule has 3 heterocycles. The van der Waals surface area contributed by atoms with Gasteiger partial charge in [0.15, 0.2) is 0 Å². The van der Waals surface area contributed by atoms with E-state index in [2.05, 4.69) is 30.7 Å². The number of carbonyl (C=O) groups excluding carboxylic acids is 1. The first-order chi connectivity index (χ1) is 17.3. The third-order valence-corrected chi connectivity index (χ3v) is 5.06. The Hall–Kier alpha value is -4.32. The zero-order valence-corrected chi connectivity index (χ0v) is 19.2. The Morgan fingerprint density at radius 3 is 2.33 bits per heavy atom. The summed E-state index contributed by atoms with van der Waals surface area (Å²) in [6.45, 7) is 1.20. The molecule has 12 heteroatoms. The highest BCUT2D eigenvalue weighted by molar-refractivity contribution is 5.92. The molecule has 0 fully saturated rings. The number of amides is 1. The number of rotatable bonds is 9. The topological polar surface area (TPSA) is 107 Å². The molecule has 36 heavy (non-hydrogen) atoms. The van der Waals surface area contributed by atoms with E-state index < -0.39 is 11.9 Å². The van der Waals surface area contributed by atoms with E-state index in [0.29, 0.717) is 19.1 Å². The fourth-order valence-corrected chi connectivity index (χ4v) is 3.25. The van der Waals surface area contributed by atoms with Crippen molar-refractivity contribution in [3.05, 3.63) is 78.6 Å². The largest absolute Gasteiger partial charge is 0.433 e. The zero-order valence-electron chi connectivity index (χ0n) is 19.2. The number of nitrogens with zero attached hydrogens (tertiary/aromatic N) is 5. The first-order valence-electron chi connectivity index (χ1n) is 10.8. The molecule has 0 aliphatic heterocycles. The molecule has 0 bridgehead atoms. The third-order valence-electron chi connectivity index (χ3n) is 5.06. The van der Waals surface area contributed by atoms with E-state index in [4.69, 9.17) is 4.74 Å². The predicted octanol–water partition coefficient (Wildman–Crippen LogP) is 4.33. The van der Waals surface area contributed by atoms with E-state index in [0.717, 1.165) is 34.6 Å². The Morgan fingerprint density at radius 2 is 1.69 bits per heavy atom. The normalized spacial score (nSPS) is 11.3. The SMILES string of the molecule is COCCn1cc(Nc2ncc(-c3ccc(CC(=O)Nc4ccc(C(F)(F)F)nc4)cc3)cn2)cn1. The Morgan fingerprint density at radius 1 is 0.944 bits per heavy atom. The lowest BCUT2D eigenvalue weighted by Crippen LogP contribution is -2.15. The van der Waals surface area contributed by atoms with Crippen molar-refractivity contribution in [3.8, 4) is 11.1 Å². The summed E-state index contributed by atoms with van der Waals surface area (Å²) in [6, 6.07) is 9.26. The molecule has 0 atom stereocenters. The minimum Gasteiger partial charge on any atom is -0.383 e. The highest BCUT2D eigenvalue weighted by Crippen LogP contribution is 2.28. The van der Waals surface area contributed by atoms with Crippen molar-refractivity contribution in [2.75, 3.05) is 24.4 Å². The quantitative estimate of drug-likeness (QED) is 0.355. The maximum atomic E-state index is 12.6. The number of ether oxygens (including phenoxy) is 1. The Kier molecular flexibility index (Phi) is 7.54. The second kappa shape index (κ2) is 11.0. The summed E-state index contributed by atoms with van der Waals surface area (Å²) in [5, 5.41) is 9.86. The van der Waals surface area contributed by atoms with Crippen molar-refractivity contribution in [3.63, 3.8) is 0 Å². The minimum atomic E-state index is -4.53. The van der Waals surface area contributed by atoms with Crippen LogP contribution in [-0.2, 0) is 28.7 Å². The van der Waals surface area contributed by atoms with Crippen LogP contribution in [0.1, 0.15) is 11.3 Å². The van der Waals surface area contributed by atoms with Crippen molar-refractivity contribution in [2.24, 2.45) is 0 Å². The van der Waals surface area contributed by atoms with Crippen LogP contribution < -0.4 is 10.6 Å². The van der Waals surface area contributed by atoms with Gasteiger partial charge >= 0.3 is 6.18 Å². The van der Waals surface area contributed by atoms with Crippen LogP contribution >= 0.6 is 0 Å². The minimum absolute atomic E-state index is 0.0543. The number of halogens is 3. The van der Waals surface area contributed by atoms with E-state index in [1.54, 1.807) is 42.5 Å². The van der Waals surface area contributed by atoms with Crippen molar-refractivity contribution >= 4 is 23.2 Å². The molecular formula is C24H22F3N7O2. The molecule has 4 aromatic rings. The number of hydrogen-bond acceptors (Lipinski definition) is 7. The molecule has 9 nitrogen and oxygen atoms in total. The highest BCUT2D eigenvalue weighted by Gasteiger charge is 2.32. The number of nitrogens with one attached hydrogen (secondary N) is 2. The van der Waals surface area contributed by atoms with E-state index >= 15 is 0 Å². The number of benzene rings is 1. The van der Waals surface area contributed by atoms with Crippen molar-refractivity contribution < 1.29 is 22.7 Å². The molecule has 0 saturated heterocycles. The third kappa shape index (κ3) is 6.63. The summed E-state index contributed by atoms with van der Waals surface area (Å²) >= 11 is 0. The summed E-state index contributed by atoms with van der Waals surface area (Å²) in [4.78, 5) is 24.3. The van der Waals surface area contributed by atoms with E-state index in [1.807, 2.05) is 18.3 Å². The van der Waals surface area contributed by atoms with Gasteiger partial charge in [-0.3, -0.25) is 9.48 Å². The molecule has 1 amide bonds. The Bertz CT molecular complexity index is 1290. The molecule has 4 rings (SSSR count). The van der Waals surface area contributed by atoms with Crippen molar-refractivity contribution in [1.29, 1.82) is 0 Å². The smallest absolute Gasteiger partial charge is 0.383 e. The number of methoxy groups -OCH3 is 1. The van der Waals surface area contributed by atoms with Gasteiger partial charge in [-0.05, 0) is 23.3 Å². The van der Waals surface area contributed by atoms with E-state index in [9.17, 15) is 18.0 Å². The number of aromatic nitrogens is 5. The van der Waals surface area contributed by atoms with Gasteiger partial charge in [0.25, 0.3) is 0 Å². The number of hydrogen-bond donors (Lipinski definition) is 2. The lowest BCUT2D eigenvalue weighted by atomic mass is 10.1. The van der Waals surface area contributed by atoms with Gasteiger partial charge in [-0.15, -0.1) is 0 Å². The summed E-state index contributed by atoms with van der Waals surface area (Å²) < 4.78 is 44.6. The number of carbonyl (C=O) groups is 1. The Labute approximate surface area is 204 Å². The van der Waals surface area contributed by atoms with Gasteiger partial charge in [0, 0.05) is 31.3 Å². The molecule has 0 aliphatic carbocycles. The van der Waals surface area contributed by atoms with Crippen molar-refractivity contribution in [2.45, 2.75) is 19.1 Å². The summed E-state index contributed by atoms with van der Waals surface area (Å²) in [5.74, 6) is 0.0599. The molecule has 0 saturated carbocycles. The molecule has 0 unspecified atom stereocenters. The number of alkyl halides is 3. The molecule has 186 valence electrons. The van der Waals surface area contributed by atoms with Gasteiger partial charge in [-0.25, -0.2) is 15.0 Å². The lowest BCUT2D eigenvalue weighted by Gasteiger charge is -2.08. The van der Waals surface area contributed by atoms with E-state index in [-0.39, 0.29) is 18.0 Å². The van der Waals surface area contributed by atoms with Crippen LogP contribution in [0, 0.1) is 0 Å². The van der Waals surface area contributed by atoms with Gasteiger partial charge < -0.3 is 15.4 Å². The van der Waals surface area contributed by atoms with Gasteiger partial charge in [-0.2, -0.15) is 18.3 Å². The fourth-order valence-electron chi connectivity index (χ4n) is 3.25. The van der Waals surface area contributed by atoms with Crippen LogP contribution in [-0.4, -0.2) is 44.4 Å². The molecular weight excluding hydrogens is 475 g/mol. The zero-order chi connectivity index (χ0) is 25.5. The number of pyridine rings is 1. The van der Waals surface area contributed by atoms with Gasteiger partial charge in [0.1, 0.15) is 5.69 Å². The second-order valence-electron chi connectivity index (χ2n) is 7.76. The predicted molar refractivity (Wildman–Crippen MR) is 126 cm³/mol. The van der Waals surface area contributed by atoms with Crippen LogP contribution in [0.25, 0.3) is 11.1 Å². The molecule has 1 aromatic carbocycles. The maximum Gasteiger partial charge on any atom is 0.433 e. The lowest BCUT2D eigenvalue weighted by molar-refractivity contribution is -0.141. The highest BCUT2D eigenvalue weighted by atomic mass is 19.4. The average Bonchev–Trinajstić information content (AvgIpc) is 3.30.